The maximum atomic E-state index is 11.6. The molecule has 1 aromatic rings. The van der Waals surface area contributed by atoms with Crippen LogP contribution in [0.2, 0.25) is 5.02 Å². The fraction of sp³-hybridized carbons (Fsp3) is 0.400. The quantitative estimate of drug-likeness (QED) is 0.833. The number of rotatable bonds is 4. The molecule has 102 valence electrons. The summed E-state index contributed by atoms with van der Waals surface area (Å²) in [5.41, 5.74) is 1.21. The number of benzene rings is 1. The van der Waals surface area contributed by atoms with Gasteiger partial charge in [0, 0.05) is 17.6 Å². The molecular formula is C15H18ClNO2. The van der Waals surface area contributed by atoms with E-state index >= 15 is 0 Å². The molecule has 0 heterocycles. The van der Waals surface area contributed by atoms with Gasteiger partial charge in [0.15, 0.2) is 0 Å². The van der Waals surface area contributed by atoms with Gasteiger partial charge in [-0.15, -0.1) is 0 Å². The highest BCUT2D eigenvalue weighted by molar-refractivity contribution is 6.31. The first-order chi connectivity index (χ1) is 8.98. The summed E-state index contributed by atoms with van der Waals surface area (Å²) in [4.78, 5) is 11.6. The summed E-state index contributed by atoms with van der Waals surface area (Å²) in [6.45, 7) is 2.26. The van der Waals surface area contributed by atoms with Crippen LogP contribution in [-0.2, 0) is 4.79 Å². The SMILES string of the molecule is Cc1ccc(/C=C/C(=O)NCC2(O)CCC2)cc1Cl. The summed E-state index contributed by atoms with van der Waals surface area (Å²) in [7, 11) is 0. The predicted octanol–water partition coefficient (Wildman–Crippen LogP) is 2.69. The average Bonchev–Trinajstić information content (AvgIpc) is 2.35. The zero-order valence-corrected chi connectivity index (χ0v) is 11.7. The third-order valence-electron chi connectivity index (χ3n) is 3.50. The van der Waals surface area contributed by atoms with Gasteiger partial charge in [0.2, 0.25) is 5.91 Å². The van der Waals surface area contributed by atoms with Crippen molar-refractivity contribution in [3.63, 3.8) is 0 Å². The van der Waals surface area contributed by atoms with Crippen molar-refractivity contribution in [3.05, 3.63) is 40.4 Å². The first kappa shape index (κ1) is 14.1. The summed E-state index contributed by atoms with van der Waals surface area (Å²) >= 11 is 6.01. The Morgan fingerprint density at radius 1 is 1.53 bits per heavy atom. The Kier molecular flexibility index (Phi) is 4.27. The molecule has 0 radical (unpaired) electrons. The van der Waals surface area contributed by atoms with Crippen molar-refractivity contribution in [1.29, 1.82) is 0 Å². The zero-order chi connectivity index (χ0) is 13.9. The lowest BCUT2D eigenvalue weighted by atomic mass is 9.80. The second-order valence-corrected chi connectivity index (χ2v) is 5.54. The molecule has 19 heavy (non-hydrogen) atoms. The molecule has 1 fully saturated rings. The van der Waals surface area contributed by atoms with Gasteiger partial charge in [-0.25, -0.2) is 0 Å². The fourth-order valence-electron chi connectivity index (χ4n) is 1.96. The molecule has 3 nitrogen and oxygen atoms in total. The van der Waals surface area contributed by atoms with Crippen LogP contribution >= 0.6 is 11.6 Å². The van der Waals surface area contributed by atoms with Crippen molar-refractivity contribution >= 4 is 23.6 Å². The van der Waals surface area contributed by atoms with Crippen molar-refractivity contribution in [2.24, 2.45) is 0 Å². The van der Waals surface area contributed by atoms with Crippen molar-refractivity contribution in [2.75, 3.05) is 6.54 Å². The van der Waals surface area contributed by atoms with Gasteiger partial charge in [-0.05, 0) is 49.5 Å². The second kappa shape index (κ2) is 5.76. The van der Waals surface area contributed by atoms with Crippen LogP contribution in [0.15, 0.2) is 24.3 Å². The van der Waals surface area contributed by atoms with Crippen molar-refractivity contribution in [3.8, 4) is 0 Å². The van der Waals surface area contributed by atoms with E-state index in [2.05, 4.69) is 5.32 Å². The predicted molar refractivity (Wildman–Crippen MR) is 77.0 cm³/mol. The molecule has 2 N–H and O–H groups in total. The topological polar surface area (TPSA) is 49.3 Å². The number of hydrogen-bond acceptors (Lipinski definition) is 2. The molecule has 0 spiro atoms. The van der Waals surface area contributed by atoms with E-state index in [0.717, 1.165) is 30.4 Å². The van der Waals surface area contributed by atoms with Gasteiger partial charge in [-0.1, -0.05) is 23.7 Å². The summed E-state index contributed by atoms with van der Waals surface area (Å²) in [5.74, 6) is -0.197. The Balaban J connectivity index is 1.87. The van der Waals surface area contributed by atoms with Crippen LogP contribution in [0.3, 0.4) is 0 Å². The summed E-state index contributed by atoms with van der Waals surface area (Å²) in [6.07, 6.45) is 5.74. The Morgan fingerprint density at radius 2 is 2.26 bits per heavy atom. The van der Waals surface area contributed by atoms with E-state index in [4.69, 9.17) is 11.6 Å². The molecule has 0 bridgehead atoms. The molecule has 0 unspecified atom stereocenters. The van der Waals surface area contributed by atoms with E-state index in [1.54, 1.807) is 6.08 Å². The lowest BCUT2D eigenvalue weighted by Gasteiger charge is -2.36. The van der Waals surface area contributed by atoms with E-state index < -0.39 is 5.60 Å². The number of aryl methyl sites for hydroxylation is 1. The zero-order valence-electron chi connectivity index (χ0n) is 10.9. The van der Waals surface area contributed by atoms with Gasteiger partial charge < -0.3 is 10.4 Å². The molecular weight excluding hydrogens is 262 g/mol. The molecule has 0 aromatic heterocycles. The van der Waals surface area contributed by atoms with Crippen LogP contribution < -0.4 is 5.32 Å². The Morgan fingerprint density at radius 3 is 2.84 bits per heavy atom. The standard InChI is InChI=1S/C15H18ClNO2/c1-11-3-4-12(9-13(11)16)5-6-14(18)17-10-15(19)7-2-8-15/h3-6,9,19H,2,7-8,10H2,1H3,(H,17,18)/b6-5+. The molecule has 1 aliphatic rings. The minimum atomic E-state index is -0.684. The maximum absolute atomic E-state index is 11.6. The van der Waals surface area contributed by atoms with Crippen LogP contribution in [0.1, 0.15) is 30.4 Å². The van der Waals surface area contributed by atoms with E-state index in [1.807, 2.05) is 25.1 Å². The van der Waals surface area contributed by atoms with E-state index in [0.29, 0.717) is 11.6 Å². The molecule has 0 atom stereocenters. The third kappa shape index (κ3) is 3.82. The lowest BCUT2D eigenvalue weighted by molar-refractivity contribution is -0.118. The minimum absolute atomic E-state index is 0.197. The highest BCUT2D eigenvalue weighted by Crippen LogP contribution is 2.30. The summed E-state index contributed by atoms with van der Waals surface area (Å²) < 4.78 is 0. The average molecular weight is 280 g/mol. The number of aliphatic hydroxyl groups is 1. The Labute approximate surface area is 118 Å². The van der Waals surface area contributed by atoms with Gasteiger partial charge in [-0.3, -0.25) is 4.79 Å². The highest BCUT2D eigenvalue weighted by Gasteiger charge is 2.34. The molecule has 2 rings (SSSR count). The van der Waals surface area contributed by atoms with Crippen molar-refractivity contribution in [1.82, 2.24) is 5.32 Å². The molecule has 1 aliphatic carbocycles. The van der Waals surface area contributed by atoms with Crippen LogP contribution in [0.25, 0.3) is 6.08 Å². The number of hydrogen-bond donors (Lipinski definition) is 2. The largest absolute Gasteiger partial charge is 0.388 e. The lowest BCUT2D eigenvalue weighted by Crippen LogP contribution is -2.47. The summed E-state index contributed by atoms with van der Waals surface area (Å²) in [6, 6.07) is 5.64. The van der Waals surface area contributed by atoms with E-state index in [1.165, 1.54) is 6.08 Å². The van der Waals surface area contributed by atoms with Crippen LogP contribution in [0.5, 0.6) is 0 Å². The Hall–Kier alpha value is -1.32. The first-order valence-corrected chi connectivity index (χ1v) is 6.81. The van der Waals surface area contributed by atoms with Crippen LogP contribution in [-0.4, -0.2) is 23.2 Å². The number of halogens is 1. The first-order valence-electron chi connectivity index (χ1n) is 6.43. The molecule has 4 heteroatoms. The highest BCUT2D eigenvalue weighted by atomic mass is 35.5. The van der Waals surface area contributed by atoms with Gasteiger partial charge >= 0.3 is 0 Å². The molecule has 1 amide bonds. The van der Waals surface area contributed by atoms with Gasteiger partial charge in [0.25, 0.3) is 0 Å². The fourth-order valence-corrected chi connectivity index (χ4v) is 2.15. The molecule has 0 saturated heterocycles. The normalized spacial score (nSPS) is 17.2. The van der Waals surface area contributed by atoms with Gasteiger partial charge in [0.05, 0.1) is 5.60 Å². The number of carbonyl (C=O) groups excluding carboxylic acids is 1. The minimum Gasteiger partial charge on any atom is -0.388 e. The number of carbonyl (C=O) groups is 1. The van der Waals surface area contributed by atoms with Crippen LogP contribution in [0.4, 0.5) is 0 Å². The van der Waals surface area contributed by atoms with E-state index in [-0.39, 0.29) is 5.91 Å². The maximum Gasteiger partial charge on any atom is 0.244 e. The van der Waals surface area contributed by atoms with Gasteiger partial charge in [0.1, 0.15) is 0 Å². The van der Waals surface area contributed by atoms with Crippen molar-refractivity contribution < 1.29 is 9.90 Å². The monoisotopic (exact) mass is 279 g/mol. The number of amides is 1. The molecule has 1 saturated carbocycles. The third-order valence-corrected chi connectivity index (χ3v) is 3.91. The van der Waals surface area contributed by atoms with Crippen molar-refractivity contribution in [2.45, 2.75) is 31.8 Å². The smallest absolute Gasteiger partial charge is 0.244 e. The second-order valence-electron chi connectivity index (χ2n) is 5.14. The molecule has 0 aliphatic heterocycles. The summed E-state index contributed by atoms with van der Waals surface area (Å²) in [5, 5.41) is 13.3. The van der Waals surface area contributed by atoms with Crippen LogP contribution in [0, 0.1) is 6.92 Å². The number of nitrogens with one attached hydrogen (secondary N) is 1. The van der Waals surface area contributed by atoms with Gasteiger partial charge in [-0.2, -0.15) is 0 Å². The Bertz CT molecular complexity index is 507. The molecule has 1 aromatic carbocycles. The van der Waals surface area contributed by atoms with E-state index in [9.17, 15) is 9.90 Å².